The van der Waals surface area contributed by atoms with Crippen molar-refractivity contribution in [3.63, 3.8) is 0 Å². The number of ether oxygens (including phenoxy) is 1. The Morgan fingerprint density at radius 2 is 2.32 bits per heavy atom. The number of aryl methyl sites for hydroxylation is 1. The highest BCUT2D eigenvalue weighted by atomic mass is 16.5. The smallest absolute Gasteiger partial charge is 0.251 e. The fourth-order valence-corrected chi connectivity index (χ4v) is 2.48. The van der Waals surface area contributed by atoms with Crippen molar-refractivity contribution in [2.45, 2.75) is 44.8 Å². The van der Waals surface area contributed by atoms with Crippen molar-refractivity contribution >= 4 is 11.7 Å². The molecular weight excluding hydrogens is 242 g/mol. The molecule has 1 aromatic heterocycles. The fraction of sp³-hybridized carbons (Fsp3) is 0.571. The normalized spacial score (nSPS) is 22.4. The zero-order chi connectivity index (χ0) is 13.8. The minimum atomic E-state index is -0.0782. The molecule has 0 bridgehead atoms. The summed E-state index contributed by atoms with van der Waals surface area (Å²) in [5, 5.41) is 3.04. The number of rotatable bonds is 4. The second-order valence-corrected chi connectivity index (χ2v) is 4.97. The second-order valence-electron chi connectivity index (χ2n) is 4.97. The van der Waals surface area contributed by atoms with Gasteiger partial charge < -0.3 is 15.8 Å². The number of nitrogens with two attached hydrogens (primary N) is 1. The quantitative estimate of drug-likeness (QED) is 0.863. The van der Waals surface area contributed by atoms with Gasteiger partial charge in [0.2, 0.25) is 0 Å². The van der Waals surface area contributed by atoms with E-state index in [1.165, 1.54) is 0 Å². The summed E-state index contributed by atoms with van der Waals surface area (Å²) in [6.07, 6.45) is 3.87. The van der Waals surface area contributed by atoms with Crippen LogP contribution in [0.1, 0.15) is 42.2 Å². The van der Waals surface area contributed by atoms with Gasteiger partial charge in [0, 0.05) is 24.4 Å². The molecule has 2 atom stereocenters. The van der Waals surface area contributed by atoms with Crippen LogP contribution in [0.2, 0.25) is 0 Å². The van der Waals surface area contributed by atoms with E-state index in [1.807, 2.05) is 6.92 Å². The number of hydrogen-bond acceptors (Lipinski definition) is 4. The van der Waals surface area contributed by atoms with E-state index in [4.69, 9.17) is 10.5 Å². The van der Waals surface area contributed by atoms with Gasteiger partial charge in [0.25, 0.3) is 5.91 Å². The van der Waals surface area contributed by atoms with E-state index in [0.29, 0.717) is 11.4 Å². The molecular formula is C14H21N3O2. The van der Waals surface area contributed by atoms with Crippen molar-refractivity contribution in [2.24, 2.45) is 0 Å². The van der Waals surface area contributed by atoms with E-state index in [-0.39, 0.29) is 18.1 Å². The molecule has 104 valence electrons. The topological polar surface area (TPSA) is 77.2 Å². The van der Waals surface area contributed by atoms with Crippen LogP contribution in [0.25, 0.3) is 0 Å². The van der Waals surface area contributed by atoms with Gasteiger partial charge in [-0.05, 0) is 37.8 Å². The van der Waals surface area contributed by atoms with Crippen molar-refractivity contribution in [3.05, 3.63) is 23.4 Å². The summed E-state index contributed by atoms with van der Waals surface area (Å²) in [6, 6.07) is 3.61. The molecule has 2 unspecified atom stereocenters. The van der Waals surface area contributed by atoms with Gasteiger partial charge in [0.15, 0.2) is 0 Å². The number of aromatic nitrogens is 1. The summed E-state index contributed by atoms with van der Waals surface area (Å²) in [4.78, 5) is 16.4. The molecule has 0 radical (unpaired) electrons. The number of anilines is 1. The van der Waals surface area contributed by atoms with Crippen molar-refractivity contribution in [3.8, 4) is 0 Å². The van der Waals surface area contributed by atoms with Crippen LogP contribution in [0.3, 0.4) is 0 Å². The Kier molecular flexibility index (Phi) is 4.37. The van der Waals surface area contributed by atoms with E-state index >= 15 is 0 Å². The lowest BCUT2D eigenvalue weighted by Crippen LogP contribution is -2.33. The molecule has 1 aromatic rings. The summed E-state index contributed by atoms with van der Waals surface area (Å²) in [5.41, 5.74) is 7.14. The van der Waals surface area contributed by atoms with Crippen molar-refractivity contribution < 1.29 is 9.53 Å². The third-order valence-electron chi connectivity index (χ3n) is 3.58. The average Bonchev–Trinajstić information content (AvgIpc) is 2.85. The minimum Gasteiger partial charge on any atom is -0.384 e. The lowest BCUT2D eigenvalue weighted by molar-refractivity contribution is 0.0915. The Labute approximate surface area is 113 Å². The summed E-state index contributed by atoms with van der Waals surface area (Å²) in [5.74, 6) is 0.316. The minimum absolute atomic E-state index is 0.0782. The SMILES string of the molecule is CCc1cc(C(=O)NC2CCC(OC)C2)cc(N)n1. The zero-order valence-corrected chi connectivity index (χ0v) is 11.5. The summed E-state index contributed by atoms with van der Waals surface area (Å²) < 4.78 is 5.30. The summed E-state index contributed by atoms with van der Waals surface area (Å²) >= 11 is 0. The number of hydrogen-bond donors (Lipinski definition) is 2. The van der Waals surface area contributed by atoms with Gasteiger partial charge in [-0.15, -0.1) is 0 Å². The first-order valence-corrected chi connectivity index (χ1v) is 6.72. The molecule has 0 spiro atoms. The van der Waals surface area contributed by atoms with Crippen LogP contribution in [-0.4, -0.2) is 30.1 Å². The zero-order valence-electron chi connectivity index (χ0n) is 11.5. The van der Waals surface area contributed by atoms with Gasteiger partial charge in [-0.2, -0.15) is 0 Å². The highest BCUT2D eigenvalue weighted by Crippen LogP contribution is 2.21. The first-order chi connectivity index (χ1) is 9.12. The monoisotopic (exact) mass is 263 g/mol. The van der Waals surface area contributed by atoms with Gasteiger partial charge in [-0.25, -0.2) is 4.98 Å². The molecule has 1 fully saturated rings. The summed E-state index contributed by atoms with van der Waals surface area (Å²) in [6.45, 7) is 1.99. The Morgan fingerprint density at radius 1 is 1.53 bits per heavy atom. The van der Waals surface area contributed by atoms with Crippen LogP contribution in [0.5, 0.6) is 0 Å². The van der Waals surface area contributed by atoms with Crippen molar-refractivity contribution in [1.82, 2.24) is 10.3 Å². The van der Waals surface area contributed by atoms with Crippen LogP contribution >= 0.6 is 0 Å². The maximum Gasteiger partial charge on any atom is 0.251 e. The molecule has 3 N–H and O–H groups in total. The first kappa shape index (κ1) is 13.8. The maximum absolute atomic E-state index is 12.2. The van der Waals surface area contributed by atoms with E-state index in [1.54, 1.807) is 19.2 Å². The maximum atomic E-state index is 12.2. The molecule has 0 aromatic carbocycles. The van der Waals surface area contributed by atoms with E-state index < -0.39 is 0 Å². The third-order valence-corrected chi connectivity index (χ3v) is 3.58. The average molecular weight is 263 g/mol. The highest BCUT2D eigenvalue weighted by molar-refractivity contribution is 5.95. The number of amides is 1. The Hall–Kier alpha value is -1.62. The molecule has 1 aliphatic rings. The van der Waals surface area contributed by atoms with Crippen LogP contribution in [0.4, 0.5) is 5.82 Å². The lowest BCUT2D eigenvalue weighted by Gasteiger charge is -2.13. The van der Waals surface area contributed by atoms with Crippen LogP contribution in [-0.2, 0) is 11.2 Å². The number of nitrogens with zero attached hydrogens (tertiary/aromatic N) is 1. The molecule has 1 aliphatic carbocycles. The predicted molar refractivity (Wildman–Crippen MR) is 73.9 cm³/mol. The first-order valence-electron chi connectivity index (χ1n) is 6.72. The van der Waals surface area contributed by atoms with Gasteiger partial charge in [-0.3, -0.25) is 4.79 Å². The number of nitrogen functional groups attached to an aromatic ring is 1. The molecule has 0 aliphatic heterocycles. The molecule has 0 saturated heterocycles. The van der Waals surface area contributed by atoms with Crippen molar-refractivity contribution in [2.75, 3.05) is 12.8 Å². The number of carbonyl (C=O) groups is 1. The number of methoxy groups -OCH3 is 1. The van der Waals surface area contributed by atoms with Crippen molar-refractivity contribution in [1.29, 1.82) is 0 Å². The molecule has 19 heavy (non-hydrogen) atoms. The second kappa shape index (κ2) is 6.02. The Bertz CT molecular complexity index is 462. The largest absolute Gasteiger partial charge is 0.384 e. The third kappa shape index (κ3) is 3.44. The highest BCUT2D eigenvalue weighted by Gasteiger charge is 2.26. The van der Waals surface area contributed by atoms with Crippen LogP contribution < -0.4 is 11.1 Å². The molecule has 1 saturated carbocycles. The Balaban J connectivity index is 2.02. The van der Waals surface area contributed by atoms with Gasteiger partial charge in [-0.1, -0.05) is 6.92 Å². The molecule has 1 heterocycles. The van der Waals surface area contributed by atoms with E-state index in [0.717, 1.165) is 31.4 Å². The fourth-order valence-electron chi connectivity index (χ4n) is 2.48. The Morgan fingerprint density at radius 3 is 2.95 bits per heavy atom. The van der Waals surface area contributed by atoms with Crippen LogP contribution in [0.15, 0.2) is 12.1 Å². The van der Waals surface area contributed by atoms with Crippen LogP contribution in [0, 0.1) is 0 Å². The number of carbonyl (C=O) groups excluding carboxylic acids is 1. The standard InChI is InChI=1S/C14H21N3O2/c1-3-10-6-9(7-13(15)16-10)14(18)17-11-4-5-12(8-11)19-2/h6-7,11-12H,3-5,8H2,1-2H3,(H2,15,16)(H,17,18). The summed E-state index contributed by atoms with van der Waals surface area (Å²) in [7, 11) is 1.71. The number of pyridine rings is 1. The molecule has 1 amide bonds. The van der Waals surface area contributed by atoms with Gasteiger partial charge in [0.05, 0.1) is 6.10 Å². The van der Waals surface area contributed by atoms with E-state index in [9.17, 15) is 4.79 Å². The predicted octanol–water partition coefficient (Wildman–Crippen LogP) is 1.52. The number of nitrogens with one attached hydrogen (secondary N) is 1. The molecule has 5 heteroatoms. The molecule has 2 rings (SSSR count). The molecule has 5 nitrogen and oxygen atoms in total. The lowest BCUT2D eigenvalue weighted by atomic mass is 10.1. The van der Waals surface area contributed by atoms with Gasteiger partial charge in [0.1, 0.15) is 5.82 Å². The van der Waals surface area contributed by atoms with Gasteiger partial charge >= 0.3 is 0 Å². The van der Waals surface area contributed by atoms with E-state index in [2.05, 4.69) is 10.3 Å².